The molecule has 0 N–H and O–H groups in total. The van der Waals surface area contributed by atoms with E-state index >= 15 is 0 Å². The van der Waals surface area contributed by atoms with E-state index in [4.69, 9.17) is 26.1 Å². The van der Waals surface area contributed by atoms with Crippen molar-refractivity contribution >= 4 is 48.5 Å². The molecule has 0 radical (unpaired) electrons. The second kappa shape index (κ2) is 10.7. The topological polar surface area (TPSA) is 65.1 Å². The van der Waals surface area contributed by atoms with Crippen molar-refractivity contribution in [3.63, 3.8) is 0 Å². The van der Waals surface area contributed by atoms with Crippen molar-refractivity contribution in [1.82, 2.24) is 4.90 Å². The van der Waals surface area contributed by atoms with Crippen LogP contribution in [0.1, 0.15) is 48.5 Å². The minimum absolute atomic E-state index is 0.0247. The highest BCUT2D eigenvalue weighted by Gasteiger charge is 2.43. The Kier molecular flexibility index (Phi) is 9.17. The number of thioether (sulfide) groups is 1. The van der Waals surface area contributed by atoms with Crippen LogP contribution in [0, 0.1) is 11.8 Å². The van der Waals surface area contributed by atoms with Crippen LogP contribution in [0.5, 0.6) is 0 Å². The van der Waals surface area contributed by atoms with Gasteiger partial charge in [-0.2, -0.15) is 0 Å². The van der Waals surface area contributed by atoms with Crippen molar-refractivity contribution in [2.45, 2.75) is 91.0 Å². The molecule has 0 aromatic heterocycles. The summed E-state index contributed by atoms with van der Waals surface area (Å²) in [6.07, 6.45) is 2.20. The SMILES string of the molecule is CC(=O)O[C@H]1C=C[C@@H]([C@@H](C)C(=O)N2C(=S)SC[C@@H]2C(C)C)O[C@@H]1CO[Si](C)(C)C(C)(C)C. The first kappa shape index (κ1) is 27.5. The number of hydrogen-bond donors (Lipinski definition) is 0. The summed E-state index contributed by atoms with van der Waals surface area (Å²) < 4.78 is 18.8. The van der Waals surface area contributed by atoms with E-state index in [1.807, 2.05) is 19.1 Å². The summed E-state index contributed by atoms with van der Waals surface area (Å²) >= 11 is 7.04. The summed E-state index contributed by atoms with van der Waals surface area (Å²) in [7, 11) is -2.02. The number of nitrogens with zero attached hydrogens (tertiary/aromatic N) is 1. The minimum Gasteiger partial charge on any atom is -0.455 e. The molecule has 2 aliphatic rings. The second-order valence-electron chi connectivity index (χ2n) is 10.6. The maximum Gasteiger partial charge on any atom is 0.303 e. The van der Waals surface area contributed by atoms with Crippen LogP contribution in [0.25, 0.3) is 0 Å². The van der Waals surface area contributed by atoms with Crippen LogP contribution in [0.3, 0.4) is 0 Å². The van der Waals surface area contributed by atoms with Crippen molar-refractivity contribution in [2.24, 2.45) is 11.8 Å². The van der Waals surface area contributed by atoms with E-state index in [1.165, 1.54) is 6.92 Å². The number of thiocarbonyl (C=S) groups is 1. The van der Waals surface area contributed by atoms with Crippen LogP contribution in [0.15, 0.2) is 12.2 Å². The quantitative estimate of drug-likeness (QED) is 0.215. The summed E-state index contributed by atoms with van der Waals surface area (Å²) in [5.74, 6) is 0.331. The summed E-state index contributed by atoms with van der Waals surface area (Å²) in [6, 6.07) is 0.0986. The third-order valence-corrected chi connectivity index (χ3v) is 12.7. The molecular weight excluding hydrogens is 462 g/mol. The van der Waals surface area contributed by atoms with Gasteiger partial charge in [0.1, 0.15) is 16.5 Å². The molecule has 1 fully saturated rings. The van der Waals surface area contributed by atoms with Gasteiger partial charge in [-0.25, -0.2) is 0 Å². The fourth-order valence-corrected chi connectivity index (χ4v) is 6.10. The van der Waals surface area contributed by atoms with Crippen LogP contribution in [-0.2, 0) is 23.5 Å². The number of rotatable bonds is 7. The molecule has 1 amide bonds. The average Bonchev–Trinajstić information content (AvgIpc) is 3.06. The zero-order valence-electron chi connectivity index (χ0n) is 20.8. The van der Waals surface area contributed by atoms with Crippen LogP contribution in [0.4, 0.5) is 0 Å². The van der Waals surface area contributed by atoms with E-state index in [2.05, 4.69) is 47.7 Å². The predicted octanol–water partition coefficient (Wildman–Crippen LogP) is 4.78. The number of carbonyl (C=O) groups excluding carboxylic acids is 2. The van der Waals surface area contributed by atoms with E-state index in [1.54, 1.807) is 16.7 Å². The van der Waals surface area contributed by atoms with Gasteiger partial charge >= 0.3 is 5.97 Å². The molecule has 5 atom stereocenters. The Morgan fingerprint density at radius 2 is 1.91 bits per heavy atom. The number of hydrogen-bond acceptors (Lipinski definition) is 7. The zero-order chi connectivity index (χ0) is 24.4. The van der Waals surface area contributed by atoms with E-state index in [-0.39, 0.29) is 23.0 Å². The summed E-state index contributed by atoms with van der Waals surface area (Å²) in [4.78, 5) is 26.8. The Bertz CT molecular complexity index is 749. The average molecular weight is 502 g/mol. The largest absolute Gasteiger partial charge is 0.455 e. The first-order chi connectivity index (χ1) is 14.7. The normalized spacial score (nSPS) is 27.7. The second-order valence-corrected chi connectivity index (χ2v) is 17.0. The van der Waals surface area contributed by atoms with Gasteiger partial charge < -0.3 is 13.9 Å². The predicted molar refractivity (Wildman–Crippen MR) is 136 cm³/mol. The van der Waals surface area contributed by atoms with Crippen LogP contribution >= 0.6 is 24.0 Å². The standard InChI is InChI=1S/C23H39NO5S2Si/c1-14(2)17-13-31-22(30)24(17)21(26)15(3)18-10-11-19(28-16(4)25)20(29-18)12-27-32(8,9)23(5,6)7/h10-11,14-15,17-20H,12-13H2,1-9H3/t15-,17-,18+,19+,20-/m1/s1. The highest BCUT2D eigenvalue weighted by atomic mass is 32.2. The summed E-state index contributed by atoms with van der Waals surface area (Å²) in [5.41, 5.74) is 0. The molecule has 2 heterocycles. The van der Waals surface area contributed by atoms with Crippen molar-refractivity contribution in [2.75, 3.05) is 12.4 Å². The molecule has 6 nitrogen and oxygen atoms in total. The van der Waals surface area contributed by atoms with E-state index in [0.717, 1.165) is 5.75 Å². The first-order valence-corrected chi connectivity index (χ1v) is 15.6. The van der Waals surface area contributed by atoms with Gasteiger partial charge in [0.15, 0.2) is 8.32 Å². The molecule has 0 spiro atoms. The van der Waals surface area contributed by atoms with E-state index in [9.17, 15) is 9.59 Å². The molecule has 2 aliphatic heterocycles. The summed E-state index contributed by atoms with van der Waals surface area (Å²) in [6.45, 7) is 18.7. The van der Waals surface area contributed by atoms with Gasteiger partial charge in [-0.05, 0) is 30.1 Å². The Hall–Kier alpha value is -0.743. The molecule has 2 rings (SSSR count). The van der Waals surface area contributed by atoms with Crippen LogP contribution in [-0.4, -0.2) is 66.1 Å². The van der Waals surface area contributed by atoms with Gasteiger partial charge in [0.2, 0.25) is 5.91 Å². The van der Waals surface area contributed by atoms with Crippen LogP contribution in [0.2, 0.25) is 18.1 Å². The maximum absolute atomic E-state index is 13.4. The fourth-order valence-electron chi connectivity index (χ4n) is 3.44. The molecule has 0 bridgehead atoms. The van der Waals surface area contributed by atoms with E-state index < -0.39 is 32.5 Å². The minimum atomic E-state index is -2.02. The molecule has 1 saturated heterocycles. The van der Waals surface area contributed by atoms with Crippen molar-refractivity contribution in [3.8, 4) is 0 Å². The Balaban J connectivity index is 2.17. The van der Waals surface area contributed by atoms with Crippen molar-refractivity contribution in [3.05, 3.63) is 12.2 Å². The molecule has 0 aromatic rings. The van der Waals surface area contributed by atoms with Crippen molar-refractivity contribution < 1.29 is 23.5 Å². The first-order valence-electron chi connectivity index (χ1n) is 11.3. The number of esters is 1. The molecule has 9 heteroatoms. The van der Waals surface area contributed by atoms with Crippen LogP contribution < -0.4 is 0 Å². The molecular formula is C23H39NO5S2Si. The van der Waals surface area contributed by atoms with Gasteiger partial charge in [0, 0.05) is 18.7 Å². The Morgan fingerprint density at radius 1 is 1.28 bits per heavy atom. The number of amides is 1. The van der Waals surface area contributed by atoms with E-state index in [0.29, 0.717) is 16.8 Å². The third-order valence-electron chi connectivity index (χ3n) is 6.70. The van der Waals surface area contributed by atoms with Gasteiger partial charge in [0.25, 0.3) is 0 Å². The molecule has 0 aromatic carbocycles. The molecule has 182 valence electrons. The van der Waals surface area contributed by atoms with Gasteiger partial charge in [0.05, 0.1) is 18.6 Å². The number of carbonyl (C=O) groups is 2. The Labute approximate surface area is 203 Å². The molecule has 32 heavy (non-hydrogen) atoms. The monoisotopic (exact) mass is 501 g/mol. The highest BCUT2D eigenvalue weighted by molar-refractivity contribution is 8.23. The molecule has 0 unspecified atom stereocenters. The Morgan fingerprint density at radius 3 is 2.44 bits per heavy atom. The lowest BCUT2D eigenvalue weighted by Crippen LogP contribution is -2.51. The zero-order valence-corrected chi connectivity index (χ0v) is 23.5. The molecule has 0 aliphatic carbocycles. The lowest BCUT2D eigenvalue weighted by Gasteiger charge is -2.40. The number of ether oxygens (including phenoxy) is 2. The summed E-state index contributed by atoms with van der Waals surface area (Å²) in [5, 5.41) is 0.0477. The fraction of sp³-hybridized carbons (Fsp3) is 0.783. The lowest BCUT2D eigenvalue weighted by molar-refractivity contribution is -0.161. The van der Waals surface area contributed by atoms with Gasteiger partial charge in [-0.3, -0.25) is 14.5 Å². The lowest BCUT2D eigenvalue weighted by atomic mass is 9.96. The van der Waals surface area contributed by atoms with Gasteiger partial charge in [-0.15, -0.1) is 0 Å². The molecule has 0 saturated carbocycles. The highest BCUT2D eigenvalue weighted by Crippen LogP contribution is 2.37. The van der Waals surface area contributed by atoms with Gasteiger partial charge in [-0.1, -0.05) is 71.6 Å². The third kappa shape index (κ3) is 6.43. The smallest absolute Gasteiger partial charge is 0.303 e. The van der Waals surface area contributed by atoms with Crippen molar-refractivity contribution in [1.29, 1.82) is 0 Å². The maximum atomic E-state index is 13.4.